The summed E-state index contributed by atoms with van der Waals surface area (Å²) in [5.41, 5.74) is 2.89. The first-order valence-corrected chi connectivity index (χ1v) is 4.10. The molecule has 0 aliphatic carbocycles. The molecule has 0 aliphatic rings. The maximum absolute atomic E-state index is 5.75. The zero-order chi connectivity index (χ0) is 9.14. The number of aliphatic imine (C=N–C) groups is 1. The Labute approximate surface area is 77.3 Å². The molecule has 0 aromatic carbocycles. The summed E-state index contributed by atoms with van der Waals surface area (Å²) in [4.78, 5) is 8.23. The minimum absolute atomic E-state index is 0.513. The van der Waals surface area contributed by atoms with Gasteiger partial charge >= 0.3 is 0 Å². The van der Waals surface area contributed by atoms with E-state index >= 15 is 0 Å². The number of nitrogens with zero attached hydrogens (tertiary/aromatic N) is 2. The van der Waals surface area contributed by atoms with E-state index in [-0.39, 0.29) is 0 Å². The second-order valence-corrected chi connectivity index (χ2v) is 3.00. The van der Waals surface area contributed by atoms with E-state index in [1.807, 2.05) is 19.9 Å². The molecule has 64 valence electrons. The minimum atomic E-state index is 0.513. The summed E-state index contributed by atoms with van der Waals surface area (Å²) < 4.78 is 0. The summed E-state index contributed by atoms with van der Waals surface area (Å²) in [5, 5.41) is 0.513. The van der Waals surface area contributed by atoms with Crippen molar-refractivity contribution >= 4 is 17.3 Å². The predicted molar refractivity (Wildman–Crippen MR) is 52.1 cm³/mol. The SMILES string of the molecule is CN=C(C)c1nc(Cl)ccc1C. The van der Waals surface area contributed by atoms with Crippen LogP contribution in [0.5, 0.6) is 0 Å². The van der Waals surface area contributed by atoms with E-state index in [1.165, 1.54) is 0 Å². The third-order valence-electron chi connectivity index (χ3n) is 1.74. The van der Waals surface area contributed by atoms with Crippen molar-refractivity contribution in [2.24, 2.45) is 4.99 Å². The molecule has 1 aromatic heterocycles. The molecule has 0 bridgehead atoms. The van der Waals surface area contributed by atoms with Gasteiger partial charge in [0.15, 0.2) is 0 Å². The Morgan fingerprint density at radius 2 is 2.17 bits per heavy atom. The molecule has 0 saturated carbocycles. The van der Waals surface area contributed by atoms with Crippen molar-refractivity contribution in [3.8, 4) is 0 Å². The lowest BCUT2D eigenvalue weighted by molar-refractivity contribution is 1.22. The average molecular weight is 183 g/mol. The molecule has 0 N–H and O–H groups in total. The van der Waals surface area contributed by atoms with Gasteiger partial charge < -0.3 is 0 Å². The molecule has 0 radical (unpaired) electrons. The van der Waals surface area contributed by atoms with Crippen LogP contribution in [0.2, 0.25) is 5.15 Å². The molecule has 1 aromatic rings. The zero-order valence-corrected chi connectivity index (χ0v) is 8.18. The molecule has 0 saturated heterocycles. The predicted octanol–water partition coefficient (Wildman–Crippen LogP) is 2.48. The third-order valence-corrected chi connectivity index (χ3v) is 1.95. The number of hydrogen-bond donors (Lipinski definition) is 0. The van der Waals surface area contributed by atoms with Gasteiger partial charge in [0, 0.05) is 7.05 Å². The molecule has 2 nitrogen and oxygen atoms in total. The van der Waals surface area contributed by atoms with Crippen molar-refractivity contribution in [2.75, 3.05) is 7.05 Å². The van der Waals surface area contributed by atoms with Gasteiger partial charge in [0.25, 0.3) is 0 Å². The van der Waals surface area contributed by atoms with E-state index in [2.05, 4.69) is 9.98 Å². The van der Waals surface area contributed by atoms with Crippen molar-refractivity contribution in [1.82, 2.24) is 4.98 Å². The van der Waals surface area contributed by atoms with Gasteiger partial charge in [-0.2, -0.15) is 0 Å². The van der Waals surface area contributed by atoms with Crippen LogP contribution in [0.3, 0.4) is 0 Å². The Balaban J connectivity index is 3.23. The van der Waals surface area contributed by atoms with Gasteiger partial charge in [0.2, 0.25) is 0 Å². The quantitative estimate of drug-likeness (QED) is 0.484. The lowest BCUT2D eigenvalue weighted by Crippen LogP contribution is -2.01. The fourth-order valence-electron chi connectivity index (χ4n) is 0.977. The van der Waals surface area contributed by atoms with Crippen molar-refractivity contribution < 1.29 is 0 Å². The molecule has 0 amide bonds. The van der Waals surface area contributed by atoms with E-state index < -0.39 is 0 Å². The topological polar surface area (TPSA) is 25.2 Å². The molecule has 0 aliphatic heterocycles. The Hall–Kier alpha value is -0.890. The first-order valence-electron chi connectivity index (χ1n) is 3.72. The second kappa shape index (κ2) is 3.68. The second-order valence-electron chi connectivity index (χ2n) is 2.61. The van der Waals surface area contributed by atoms with Crippen LogP contribution in [0.25, 0.3) is 0 Å². The molecule has 0 fully saturated rings. The van der Waals surface area contributed by atoms with Crippen LogP contribution in [-0.4, -0.2) is 17.7 Å². The molecular weight excluding hydrogens is 172 g/mol. The summed E-state index contributed by atoms with van der Waals surface area (Å²) >= 11 is 5.75. The number of aryl methyl sites for hydroxylation is 1. The first kappa shape index (κ1) is 9.20. The molecule has 0 atom stereocenters. The van der Waals surface area contributed by atoms with Crippen molar-refractivity contribution in [3.63, 3.8) is 0 Å². The summed E-state index contributed by atoms with van der Waals surface area (Å²) in [6.45, 7) is 3.92. The number of pyridine rings is 1. The van der Waals surface area contributed by atoms with Crippen LogP contribution in [0.15, 0.2) is 17.1 Å². The molecule has 3 heteroatoms. The summed E-state index contributed by atoms with van der Waals surface area (Å²) in [5.74, 6) is 0. The van der Waals surface area contributed by atoms with E-state index in [4.69, 9.17) is 11.6 Å². The van der Waals surface area contributed by atoms with Crippen LogP contribution in [0, 0.1) is 6.92 Å². The first-order chi connectivity index (χ1) is 5.65. The van der Waals surface area contributed by atoms with E-state index in [9.17, 15) is 0 Å². The molecule has 1 rings (SSSR count). The lowest BCUT2D eigenvalue weighted by atomic mass is 10.1. The Morgan fingerprint density at radius 1 is 1.50 bits per heavy atom. The van der Waals surface area contributed by atoms with E-state index in [0.29, 0.717) is 5.15 Å². The van der Waals surface area contributed by atoms with Crippen LogP contribution >= 0.6 is 11.6 Å². The van der Waals surface area contributed by atoms with Gasteiger partial charge in [0.05, 0.1) is 11.4 Å². The Morgan fingerprint density at radius 3 is 2.75 bits per heavy atom. The number of hydrogen-bond acceptors (Lipinski definition) is 2. The van der Waals surface area contributed by atoms with Crippen LogP contribution in [0.4, 0.5) is 0 Å². The zero-order valence-electron chi connectivity index (χ0n) is 7.43. The number of rotatable bonds is 1. The third kappa shape index (κ3) is 1.83. The van der Waals surface area contributed by atoms with E-state index in [0.717, 1.165) is 17.0 Å². The summed E-state index contributed by atoms with van der Waals surface area (Å²) in [7, 11) is 1.75. The highest BCUT2D eigenvalue weighted by Gasteiger charge is 2.03. The summed E-state index contributed by atoms with van der Waals surface area (Å²) in [6, 6.07) is 3.72. The van der Waals surface area contributed by atoms with Gasteiger partial charge in [-0.1, -0.05) is 17.7 Å². The molecule has 1 heterocycles. The number of aromatic nitrogens is 1. The highest BCUT2D eigenvalue weighted by molar-refractivity contribution is 6.29. The number of halogens is 1. The van der Waals surface area contributed by atoms with Gasteiger partial charge in [-0.15, -0.1) is 0 Å². The highest BCUT2D eigenvalue weighted by atomic mass is 35.5. The Bertz CT molecular complexity index is 318. The molecule has 0 unspecified atom stereocenters. The van der Waals surface area contributed by atoms with E-state index in [1.54, 1.807) is 13.1 Å². The minimum Gasteiger partial charge on any atom is -0.291 e. The fourth-order valence-corrected chi connectivity index (χ4v) is 1.12. The normalized spacial score (nSPS) is 11.8. The van der Waals surface area contributed by atoms with Crippen LogP contribution in [-0.2, 0) is 0 Å². The highest BCUT2D eigenvalue weighted by Crippen LogP contribution is 2.11. The van der Waals surface area contributed by atoms with Crippen molar-refractivity contribution in [2.45, 2.75) is 13.8 Å². The summed E-state index contributed by atoms with van der Waals surface area (Å²) in [6.07, 6.45) is 0. The van der Waals surface area contributed by atoms with Crippen LogP contribution in [0.1, 0.15) is 18.2 Å². The molecule has 12 heavy (non-hydrogen) atoms. The van der Waals surface area contributed by atoms with Gasteiger partial charge in [-0.25, -0.2) is 4.98 Å². The average Bonchev–Trinajstić information content (AvgIpc) is 2.08. The molecule has 0 spiro atoms. The van der Waals surface area contributed by atoms with Gasteiger partial charge in [-0.3, -0.25) is 4.99 Å². The standard InChI is InChI=1S/C9H11ClN2/c1-6-4-5-8(10)12-9(6)7(2)11-3/h4-5H,1-3H3. The monoisotopic (exact) mass is 182 g/mol. The van der Waals surface area contributed by atoms with Gasteiger partial charge in [-0.05, 0) is 25.5 Å². The van der Waals surface area contributed by atoms with Crippen molar-refractivity contribution in [1.29, 1.82) is 0 Å². The van der Waals surface area contributed by atoms with Crippen molar-refractivity contribution in [3.05, 3.63) is 28.5 Å². The lowest BCUT2D eigenvalue weighted by Gasteiger charge is -2.03. The maximum atomic E-state index is 5.75. The fraction of sp³-hybridized carbons (Fsp3) is 0.333. The smallest absolute Gasteiger partial charge is 0.129 e. The molecular formula is C9H11ClN2. The van der Waals surface area contributed by atoms with Crippen LogP contribution < -0.4 is 0 Å². The largest absolute Gasteiger partial charge is 0.291 e. The Kier molecular flexibility index (Phi) is 2.82. The van der Waals surface area contributed by atoms with Gasteiger partial charge in [0.1, 0.15) is 5.15 Å². The maximum Gasteiger partial charge on any atom is 0.129 e.